The van der Waals surface area contributed by atoms with E-state index in [0.29, 0.717) is 48.2 Å². The first-order valence-corrected chi connectivity index (χ1v) is 15.5. The first-order valence-electron chi connectivity index (χ1n) is 15.1. The van der Waals surface area contributed by atoms with Gasteiger partial charge in [0.25, 0.3) is 5.89 Å². The Bertz CT molecular complexity index is 1980. The third kappa shape index (κ3) is 14.1. The van der Waals surface area contributed by atoms with E-state index in [2.05, 4.69) is 43.7 Å². The molecule has 50 heavy (non-hydrogen) atoms. The van der Waals surface area contributed by atoms with Crippen LogP contribution in [-0.4, -0.2) is 46.2 Å². The number of aromatic nitrogens is 2. The highest BCUT2D eigenvalue weighted by atomic mass is 35.5. The molecule has 0 unspecified atom stereocenters. The number of benzene rings is 4. The summed E-state index contributed by atoms with van der Waals surface area (Å²) in [6.45, 7) is 5.17. The van der Waals surface area contributed by atoms with Crippen molar-refractivity contribution in [3.63, 3.8) is 0 Å². The van der Waals surface area contributed by atoms with E-state index in [4.69, 9.17) is 31.8 Å². The van der Waals surface area contributed by atoms with E-state index >= 15 is 0 Å². The molecule has 0 bridgehead atoms. The summed E-state index contributed by atoms with van der Waals surface area (Å²) in [7, 11) is 0. The molecule has 0 spiro atoms. The molecule has 1 aromatic heterocycles. The predicted octanol–water partition coefficient (Wildman–Crippen LogP) is 6.92. The van der Waals surface area contributed by atoms with Crippen LogP contribution >= 0.6 is 11.6 Å². The fourth-order valence-electron chi connectivity index (χ4n) is 3.71. The average Bonchev–Trinajstić information content (AvgIpc) is 3.61. The number of amidine groups is 1. The van der Waals surface area contributed by atoms with Gasteiger partial charge in [0.1, 0.15) is 24.8 Å². The molecule has 0 aliphatic rings. The van der Waals surface area contributed by atoms with Crippen LogP contribution < -0.4 is 5.73 Å². The van der Waals surface area contributed by atoms with Crippen LogP contribution in [-0.2, 0) is 20.9 Å². The van der Waals surface area contributed by atoms with E-state index in [-0.39, 0.29) is 24.1 Å². The molecular weight excluding hydrogens is 666 g/mol. The van der Waals surface area contributed by atoms with Crippen molar-refractivity contribution in [2.24, 2.45) is 10.9 Å². The molecule has 9 nitrogen and oxygen atoms in total. The van der Waals surface area contributed by atoms with E-state index in [1.54, 1.807) is 55.5 Å². The summed E-state index contributed by atoms with van der Waals surface area (Å²) in [6.07, 6.45) is 0. The second-order valence-electron chi connectivity index (χ2n) is 9.80. The number of carbonyl (C=O) groups excluding carboxylic acids is 1. The van der Waals surface area contributed by atoms with Crippen LogP contribution in [0.5, 0.6) is 0 Å². The quantitative estimate of drug-likeness (QED) is 0.0446. The molecule has 0 amide bonds. The predicted molar refractivity (Wildman–Crippen MR) is 186 cm³/mol. The number of hydrogen-bond donors (Lipinski definition) is 2. The monoisotopic (exact) mass is 698 g/mol. The maximum Gasteiger partial charge on any atom is 0.252 e. The normalized spacial score (nSPS) is 10.2. The van der Waals surface area contributed by atoms with Gasteiger partial charge in [0.2, 0.25) is 11.1 Å². The van der Waals surface area contributed by atoms with Gasteiger partial charge < -0.3 is 24.9 Å². The fourth-order valence-corrected chi connectivity index (χ4v) is 3.79. The Kier molecular flexibility index (Phi) is 16.4. The van der Waals surface area contributed by atoms with Crippen LogP contribution in [0.15, 0.2) is 107 Å². The van der Waals surface area contributed by atoms with Crippen molar-refractivity contribution in [1.29, 1.82) is 0 Å². The zero-order valence-electron chi connectivity index (χ0n) is 27.2. The lowest BCUT2D eigenvalue weighted by atomic mass is 10.1. The maximum atomic E-state index is 13.1. The lowest BCUT2D eigenvalue weighted by molar-refractivity contribution is -0.115. The molecule has 0 saturated heterocycles. The van der Waals surface area contributed by atoms with Crippen molar-refractivity contribution in [3.8, 4) is 35.1 Å². The Hall–Kier alpha value is -5.85. The van der Waals surface area contributed by atoms with Crippen LogP contribution in [0.1, 0.15) is 47.6 Å². The second-order valence-corrected chi connectivity index (χ2v) is 10.2. The van der Waals surface area contributed by atoms with E-state index in [0.717, 1.165) is 16.7 Å². The Morgan fingerprint density at radius 2 is 1.34 bits per heavy atom. The topological polar surface area (TPSA) is 133 Å². The van der Waals surface area contributed by atoms with Crippen molar-refractivity contribution < 1.29 is 32.8 Å². The second kappa shape index (κ2) is 21.2. The van der Waals surface area contributed by atoms with Crippen LogP contribution in [0.3, 0.4) is 0 Å². The summed E-state index contributed by atoms with van der Waals surface area (Å²) in [5, 5.41) is 14.9. The maximum absolute atomic E-state index is 13.1. The van der Waals surface area contributed by atoms with E-state index in [9.17, 15) is 13.6 Å². The Labute approximate surface area is 293 Å². The SMILES string of the molecule is CCOCC(=O)Cl.CCOCc1nc(-c2ccc(C#Cc3cccc(F)c3)cc2)no1.N/C(=N\O)c1ccc(C#Cc2cccc(F)c2)cc1. The largest absolute Gasteiger partial charge is 0.409 e. The molecule has 0 aliphatic heterocycles. The van der Waals surface area contributed by atoms with Gasteiger partial charge in [-0.2, -0.15) is 4.98 Å². The standard InChI is InChI=1S/C19H15FN2O2.C15H11FN2O.C4H7ClO2/c1-2-23-13-18-21-19(22-24-18)16-10-8-14(9-11-16)6-7-15-4-3-5-17(20)12-15;16-14-3-1-2-12(10-14)5-4-11-6-8-13(9-7-11)15(17)18-19;1-2-7-3-4(5)6/h3-5,8-12H,2,13H2,1H3;1-3,6-10,19H,(H2,17,18);2-3H2,1H3. The summed E-state index contributed by atoms with van der Waals surface area (Å²) < 4.78 is 41.0. The van der Waals surface area contributed by atoms with Gasteiger partial charge >= 0.3 is 0 Å². The molecule has 0 fully saturated rings. The zero-order valence-corrected chi connectivity index (χ0v) is 28.0. The minimum Gasteiger partial charge on any atom is -0.409 e. The van der Waals surface area contributed by atoms with Gasteiger partial charge in [-0.15, -0.1) is 0 Å². The number of nitrogens with zero attached hydrogens (tertiary/aromatic N) is 3. The molecule has 1 heterocycles. The average molecular weight is 699 g/mol. The smallest absolute Gasteiger partial charge is 0.252 e. The van der Waals surface area contributed by atoms with Gasteiger partial charge in [0, 0.05) is 46.6 Å². The lowest BCUT2D eigenvalue weighted by Crippen LogP contribution is -2.12. The van der Waals surface area contributed by atoms with Crippen LogP contribution in [0.25, 0.3) is 11.4 Å². The number of ether oxygens (including phenoxy) is 2. The van der Waals surface area contributed by atoms with Gasteiger partial charge in [0.15, 0.2) is 5.84 Å². The number of oxime groups is 1. The van der Waals surface area contributed by atoms with E-state index in [1.165, 1.54) is 24.3 Å². The molecule has 5 rings (SSSR count). The number of carbonyl (C=O) groups is 1. The van der Waals surface area contributed by atoms with Crippen molar-refractivity contribution in [2.75, 3.05) is 19.8 Å². The summed E-state index contributed by atoms with van der Waals surface area (Å²) in [6, 6.07) is 26.6. The fraction of sp³-hybridized carbons (Fsp3) is 0.158. The zero-order chi connectivity index (χ0) is 36.1. The Morgan fingerprint density at radius 1 is 0.820 bits per heavy atom. The van der Waals surface area contributed by atoms with Crippen LogP contribution in [0.2, 0.25) is 0 Å². The Balaban J connectivity index is 0.000000232. The van der Waals surface area contributed by atoms with Gasteiger partial charge in [0.05, 0.1) is 0 Å². The third-order valence-corrected chi connectivity index (χ3v) is 6.21. The summed E-state index contributed by atoms with van der Waals surface area (Å²) in [4.78, 5) is 14.1. The molecular formula is C38H33ClF2N4O5. The minimum atomic E-state index is -0.443. The van der Waals surface area contributed by atoms with E-state index in [1.807, 2.05) is 31.2 Å². The molecule has 3 N–H and O–H groups in total. The first kappa shape index (κ1) is 38.6. The van der Waals surface area contributed by atoms with Crippen LogP contribution in [0, 0.1) is 35.3 Å². The van der Waals surface area contributed by atoms with Crippen LogP contribution in [0.4, 0.5) is 8.78 Å². The van der Waals surface area contributed by atoms with Crippen molar-refractivity contribution in [2.45, 2.75) is 20.5 Å². The highest BCUT2D eigenvalue weighted by molar-refractivity contribution is 6.63. The van der Waals surface area contributed by atoms with E-state index < -0.39 is 5.24 Å². The summed E-state index contributed by atoms with van der Waals surface area (Å²) in [5.74, 6) is 12.1. The van der Waals surface area contributed by atoms with Crippen molar-refractivity contribution in [3.05, 3.63) is 142 Å². The molecule has 12 heteroatoms. The summed E-state index contributed by atoms with van der Waals surface area (Å²) >= 11 is 4.89. The molecule has 4 aromatic carbocycles. The highest BCUT2D eigenvalue weighted by Crippen LogP contribution is 2.17. The van der Waals surface area contributed by atoms with Crippen molar-refractivity contribution in [1.82, 2.24) is 10.1 Å². The van der Waals surface area contributed by atoms with Gasteiger partial charge in [-0.3, -0.25) is 4.79 Å². The highest BCUT2D eigenvalue weighted by Gasteiger charge is 2.08. The van der Waals surface area contributed by atoms with Gasteiger partial charge in [-0.25, -0.2) is 8.78 Å². The third-order valence-electron chi connectivity index (χ3n) is 6.10. The number of halogens is 3. The first-order chi connectivity index (χ1) is 24.2. The number of hydrogen-bond acceptors (Lipinski definition) is 8. The van der Waals surface area contributed by atoms with Gasteiger partial charge in [-0.05, 0) is 110 Å². The molecule has 5 aromatic rings. The number of nitrogens with two attached hydrogens (primary N) is 1. The Morgan fingerprint density at radius 3 is 1.80 bits per heavy atom. The number of rotatable bonds is 8. The molecule has 0 radical (unpaired) electrons. The lowest BCUT2D eigenvalue weighted by Gasteiger charge is -1.97. The molecule has 0 aliphatic carbocycles. The van der Waals surface area contributed by atoms with Gasteiger partial charge in [-0.1, -0.05) is 46.1 Å². The molecule has 0 atom stereocenters. The summed E-state index contributed by atoms with van der Waals surface area (Å²) in [5.41, 5.74) is 9.72. The minimum absolute atomic E-state index is 0.0258. The molecule has 256 valence electrons. The van der Waals surface area contributed by atoms with Crippen molar-refractivity contribution >= 4 is 22.7 Å². The molecule has 0 saturated carbocycles.